The van der Waals surface area contributed by atoms with Gasteiger partial charge in [0.05, 0.1) is 5.56 Å². The van der Waals surface area contributed by atoms with Crippen LogP contribution in [0.5, 0.6) is 0 Å². The Morgan fingerprint density at radius 1 is 1.32 bits per heavy atom. The predicted molar refractivity (Wildman–Crippen MR) is 74.7 cm³/mol. The molecule has 0 spiro atoms. The van der Waals surface area contributed by atoms with E-state index in [1.807, 2.05) is 18.7 Å². The van der Waals surface area contributed by atoms with Gasteiger partial charge in [-0.15, -0.1) is 0 Å². The number of nitrogens with zero attached hydrogens (tertiary/aromatic N) is 1. The summed E-state index contributed by atoms with van der Waals surface area (Å²) in [6, 6.07) is 4.61. The van der Waals surface area contributed by atoms with Gasteiger partial charge < -0.3 is 4.90 Å². The van der Waals surface area contributed by atoms with Crippen LogP contribution in [-0.4, -0.2) is 12.1 Å². The van der Waals surface area contributed by atoms with E-state index in [1.165, 1.54) is 6.07 Å². The van der Waals surface area contributed by atoms with Gasteiger partial charge in [0, 0.05) is 23.1 Å². The fraction of sp³-hybridized carbons (Fsp3) is 0.571. The smallest absolute Gasteiger partial charge is 0.366 e. The molecule has 1 aromatic rings. The van der Waals surface area contributed by atoms with Gasteiger partial charge in [-0.05, 0) is 44.4 Å². The monoisotopic (exact) mass is 335 g/mol. The molecule has 5 heteroatoms. The zero-order valence-corrected chi connectivity index (χ0v) is 12.6. The Morgan fingerprint density at radius 2 is 2.00 bits per heavy atom. The summed E-state index contributed by atoms with van der Waals surface area (Å²) in [5.74, 6) is 0. The first kappa shape index (κ1) is 14.7. The predicted octanol–water partition coefficient (Wildman–Crippen LogP) is 4.98. The van der Waals surface area contributed by atoms with E-state index in [1.54, 1.807) is 12.1 Å². The molecule has 2 rings (SSSR count). The first-order valence-electron chi connectivity index (χ1n) is 6.29. The maximum atomic E-state index is 13.2. The summed E-state index contributed by atoms with van der Waals surface area (Å²) in [7, 11) is 0. The van der Waals surface area contributed by atoms with Gasteiger partial charge >= 0.3 is 6.18 Å². The lowest BCUT2D eigenvalue weighted by Crippen LogP contribution is -2.39. The van der Waals surface area contributed by atoms with Crippen LogP contribution < -0.4 is 4.90 Å². The zero-order valence-electron chi connectivity index (χ0n) is 11.0. The van der Waals surface area contributed by atoms with E-state index in [-0.39, 0.29) is 5.54 Å². The molecule has 0 saturated carbocycles. The highest BCUT2D eigenvalue weighted by molar-refractivity contribution is 9.08. The maximum Gasteiger partial charge on any atom is 0.418 e. The van der Waals surface area contributed by atoms with Crippen molar-refractivity contribution in [2.45, 2.75) is 43.7 Å². The number of benzene rings is 1. The summed E-state index contributed by atoms with van der Waals surface area (Å²) in [4.78, 5) is 1.88. The molecule has 0 bridgehead atoms. The Hall–Kier alpha value is -0.710. The lowest BCUT2D eigenvalue weighted by molar-refractivity contribution is -0.137. The highest BCUT2D eigenvalue weighted by Crippen LogP contribution is 2.42. The zero-order chi connectivity index (χ0) is 14.3. The molecule has 1 saturated heterocycles. The van der Waals surface area contributed by atoms with Crippen molar-refractivity contribution in [3.63, 3.8) is 0 Å². The van der Waals surface area contributed by atoms with E-state index < -0.39 is 11.7 Å². The number of rotatable bonds is 2. The Kier molecular flexibility index (Phi) is 3.87. The van der Waals surface area contributed by atoms with Gasteiger partial charge in [-0.2, -0.15) is 13.2 Å². The summed E-state index contributed by atoms with van der Waals surface area (Å²) in [5.41, 5.74) is 0.211. The van der Waals surface area contributed by atoms with E-state index in [2.05, 4.69) is 15.9 Å². The summed E-state index contributed by atoms with van der Waals surface area (Å²) in [6.45, 7) is 4.68. The molecule has 0 atom stereocenters. The maximum absolute atomic E-state index is 13.2. The molecule has 0 amide bonds. The highest BCUT2D eigenvalue weighted by Gasteiger charge is 2.39. The normalized spacial score (nSPS) is 18.9. The second-order valence-electron chi connectivity index (χ2n) is 5.55. The number of hydrogen-bond acceptors (Lipinski definition) is 1. The Labute approximate surface area is 119 Å². The summed E-state index contributed by atoms with van der Waals surface area (Å²) in [6.07, 6.45) is -2.46. The van der Waals surface area contributed by atoms with Gasteiger partial charge in [-0.25, -0.2) is 0 Å². The fourth-order valence-corrected chi connectivity index (χ4v) is 3.03. The third-order valence-corrected chi connectivity index (χ3v) is 4.36. The first-order chi connectivity index (χ1) is 8.75. The highest BCUT2D eigenvalue weighted by atomic mass is 79.9. The van der Waals surface area contributed by atoms with Crippen LogP contribution in [0.15, 0.2) is 18.2 Å². The van der Waals surface area contributed by atoms with Crippen LogP contribution >= 0.6 is 15.9 Å². The number of alkyl halides is 4. The molecule has 0 unspecified atom stereocenters. The van der Waals surface area contributed by atoms with Gasteiger partial charge in [-0.3, -0.25) is 0 Å². The molecule has 1 aliphatic heterocycles. The standard InChI is InChI=1S/C14H17BrF3N/c1-13(2)6-3-7-19(13)12-5-4-10(9-15)8-11(12)14(16,17)18/h4-5,8H,3,6-7,9H2,1-2H3. The number of anilines is 1. The second kappa shape index (κ2) is 5.00. The Morgan fingerprint density at radius 3 is 2.47 bits per heavy atom. The number of halogens is 4. The topological polar surface area (TPSA) is 3.24 Å². The molecule has 0 aliphatic carbocycles. The summed E-state index contributed by atoms with van der Waals surface area (Å²) >= 11 is 3.21. The molecule has 19 heavy (non-hydrogen) atoms. The molecule has 0 aromatic heterocycles. The molecule has 1 fully saturated rings. The molecular formula is C14H17BrF3N. The second-order valence-corrected chi connectivity index (χ2v) is 6.11. The minimum atomic E-state index is -4.31. The van der Waals surface area contributed by atoms with E-state index in [0.717, 1.165) is 12.8 Å². The van der Waals surface area contributed by atoms with Crippen molar-refractivity contribution in [2.75, 3.05) is 11.4 Å². The molecule has 1 aliphatic rings. The molecule has 0 N–H and O–H groups in total. The molecule has 1 heterocycles. The van der Waals surface area contributed by atoms with Crippen LogP contribution in [0.3, 0.4) is 0 Å². The molecule has 106 valence electrons. The average Bonchev–Trinajstić information content (AvgIpc) is 2.67. The lowest BCUT2D eigenvalue weighted by atomic mass is 9.99. The minimum absolute atomic E-state index is 0.212. The number of hydrogen-bond donors (Lipinski definition) is 0. The van der Waals surface area contributed by atoms with Gasteiger partial charge in [0.15, 0.2) is 0 Å². The van der Waals surface area contributed by atoms with Crippen molar-refractivity contribution in [3.8, 4) is 0 Å². The molecular weight excluding hydrogens is 319 g/mol. The Balaban J connectivity index is 2.51. The van der Waals surface area contributed by atoms with Crippen molar-refractivity contribution in [1.29, 1.82) is 0 Å². The lowest BCUT2D eigenvalue weighted by Gasteiger charge is -2.35. The van der Waals surface area contributed by atoms with Crippen LogP contribution in [-0.2, 0) is 11.5 Å². The summed E-state index contributed by atoms with van der Waals surface area (Å²) in [5, 5.41) is 0.430. The van der Waals surface area contributed by atoms with E-state index in [4.69, 9.17) is 0 Å². The van der Waals surface area contributed by atoms with Crippen molar-refractivity contribution in [2.24, 2.45) is 0 Å². The van der Waals surface area contributed by atoms with Crippen molar-refractivity contribution in [3.05, 3.63) is 29.3 Å². The van der Waals surface area contributed by atoms with Crippen LogP contribution in [0.1, 0.15) is 37.8 Å². The van der Waals surface area contributed by atoms with Gasteiger partial charge in [0.1, 0.15) is 0 Å². The van der Waals surface area contributed by atoms with Gasteiger partial charge in [-0.1, -0.05) is 22.0 Å². The van der Waals surface area contributed by atoms with E-state index in [9.17, 15) is 13.2 Å². The first-order valence-corrected chi connectivity index (χ1v) is 7.41. The van der Waals surface area contributed by atoms with E-state index >= 15 is 0 Å². The fourth-order valence-electron chi connectivity index (χ4n) is 2.68. The summed E-state index contributed by atoms with van der Waals surface area (Å²) < 4.78 is 39.7. The van der Waals surface area contributed by atoms with Crippen molar-refractivity contribution >= 4 is 21.6 Å². The van der Waals surface area contributed by atoms with E-state index in [0.29, 0.717) is 23.1 Å². The largest absolute Gasteiger partial charge is 0.418 e. The Bertz CT molecular complexity index is 468. The van der Waals surface area contributed by atoms with Crippen LogP contribution in [0.4, 0.5) is 18.9 Å². The van der Waals surface area contributed by atoms with Gasteiger partial charge in [0.2, 0.25) is 0 Å². The average molecular weight is 336 g/mol. The minimum Gasteiger partial charge on any atom is -0.366 e. The van der Waals surface area contributed by atoms with Gasteiger partial charge in [0.25, 0.3) is 0 Å². The quantitative estimate of drug-likeness (QED) is 0.689. The third-order valence-electron chi connectivity index (χ3n) is 3.71. The molecule has 0 radical (unpaired) electrons. The third kappa shape index (κ3) is 2.91. The van der Waals surface area contributed by atoms with Crippen molar-refractivity contribution < 1.29 is 13.2 Å². The molecule has 1 nitrogen and oxygen atoms in total. The molecule has 1 aromatic carbocycles. The van der Waals surface area contributed by atoms with Crippen LogP contribution in [0.25, 0.3) is 0 Å². The van der Waals surface area contributed by atoms with Crippen LogP contribution in [0, 0.1) is 0 Å². The van der Waals surface area contributed by atoms with Crippen molar-refractivity contribution in [1.82, 2.24) is 0 Å². The van der Waals surface area contributed by atoms with Crippen LogP contribution in [0.2, 0.25) is 0 Å². The SMILES string of the molecule is CC1(C)CCCN1c1ccc(CBr)cc1C(F)(F)F.